The fourth-order valence-corrected chi connectivity index (χ4v) is 2.44. The third kappa shape index (κ3) is 1.47. The molecule has 1 aliphatic heterocycles. The Morgan fingerprint density at radius 1 is 1.71 bits per heavy atom. The van der Waals surface area contributed by atoms with Crippen molar-refractivity contribution in [3.05, 3.63) is 0 Å². The summed E-state index contributed by atoms with van der Waals surface area (Å²) >= 11 is 0. The number of amides is 1. The highest BCUT2D eigenvalue weighted by molar-refractivity contribution is 5.67. The summed E-state index contributed by atoms with van der Waals surface area (Å²) in [5, 5.41) is 0. The third-order valence-corrected chi connectivity index (χ3v) is 3.61. The van der Waals surface area contributed by atoms with Crippen LogP contribution in [0.4, 0.5) is 4.79 Å². The van der Waals surface area contributed by atoms with Gasteiger partial charge in [-0.25, -0.2) is 4.79 Å². The van der Waals surface area contributed by atoms with Crippen LogP contribution < -0.4 is 5.73 Å². The second kappa shape index (κ2) is 3.42. The van der Waals surface area contributed by atoms with E-state index in [0.29, 0.717) is 17.9 Å². The Balaban J connectivity index is 1.87. The second-order valence-corrected chi connectivity index (χ2v) is 4.36. The van der Waals surface area contributed by atoms with Gasteiger partial charge in [-0.05, 0) is 37.6 Å². The molecule has 4 heteroatoms. The Bertz CT molecular complexity index is 244. The molecule has 2 rings (SSSR count). The number of piperidine rings is 1. The van der Waals surface area contributed by atoms with E-state index in [0.717, 1.165) is 26.1 Å². The van der Waals surface area contributed by atoms with Crippen molar-refractivity contribution >= 4 is 6.09 Å². The van der Waals surface area contributed by atoms with Crippen LogP contribution in [0.3, 0.4) is 0 Å². The number of fused-ring (bicyclic) bond motifs is 1. The second-order valence-electron chi connectivity index (χ2n) is 4.36. The van der Waals surface area contributed by atoms with Crippen LogP contribution in [0.2, 0.25) is 0 Å². The number of carbonyl (C=O) groups excluding carboxylic acids is 1. The van der Waals surface area contributed by atoms with E-state index in [2.05, 4.69) is 0 Å². The van der Waals surface area contributed by atoms with Crippen molar-refractivity contribution in [2.75, 3.05) is 26.2 Å². The number of ether oxygens (including phenoxy) is 1. The summed E-state index contributed by atoms with van der Waals surface area (Å²) in [6.45, 7) is 4.72. The Morgan fingerprint density at radius 2 is 2.50 bits per heavy atom. The third-order valence-electron chi connectivity index (χ3n) is 3.61. The lowest BCUT2D eigenvalue weighted by Gasteiger charge is -2.30. The highest BCUT2D eigenvalue weighted by Gasteiger charge is 2.56. The minimum Gasteiger partial charge on any atom is -0.450 e. The van der Waals surface area contributed by atoms with Gasteiger partial charge in [0.05, 0.1) is 6.61 Å². The number of rotatable bonds is 2. The minimum atomic E-state index is -0.162. The van der Waals surface area contributed by atoms with Crippen LogP contribution in [0.1, 0.15) is 19.8 Å². The van der Waals surface area contributed by atoms with Gasteiger partial charge in [-0.3, -0.25) is 0 Å². The first-order valence-electron chi connectivity index (χ1n) is 5.33. The molecule has 2 fully saturated rings. The molecular formula is C10H18N2O2. The van der Waals surface area contributed by atoms with E-state index < -0.39 is 0 Å². The van der Waals surface area contributed by atoms with Gasteiger partial charge < -0.3 is 15.4 Å². The van der Waals surface area contributed by atoms with Crippen molar-refractivity contribution in [1.82, 2.24) is 4.90 Å². The predicted octanol–water partition coefficient (Wildman–Crippen LogP) is 0.814. The topological polar surface area (TPSA) is 55.6 Å². The molecule has 0 aromatic heterocycles. The van der Waals surface area contributed by atoms with Crippen LogP contribution in [-0.4, -0.2) is 37.2 Å². The van der Waals surface area contributed by atoms with Crippen molar-refractivity contribution in [2.24, 2.45) is 17.1 Å². The van der Waals surface area contributed by atoms with Crippen LogP contribution >= 0.6 is 0 Å². The SMILES string of the molecule is CCOC(=O)N1CCC2(CN)CC2C1. The molecule has 2 aliphatic rings. The van der Waals surface area contributed by atoms with Gasteiger partial charge in [0, 0.05) is 13.1 Å². The zero-order chi connectivity index (χ0) is 10.2. The molecule has 2 atom stereocenters. The maximum absolute atomic E-state index is 11.4. The van der Waals surface area contributed by atoms with E-state index >= 15 is 0 Å². The fourth-order valence-electron chi connectivity index (χ4n) is 2.44. The van der Waals surface area contributed by atoms with Crippen molar-refractivity contribution in [1.29, 1.82) is 0 Å². The van der Waals surface area contributed by atoms with Crippen LogP contribution in [0, 0.1) is 11.3 Å². The van der Waals surface area contributed by atoms with E-state index in [1.807, 2.05) is 11.8 Å². The molecule has 1 saturated carbocycles. The number of likely N-dealkylation sites (tertiary alicyclic amines) is 1. The lowest BCUT2D eigenvalue weighted by molar-refractivity contribution is 0.0910. The summed E-state index contributed by atoms with van der Waals surface area (Å²) in [4.78, 5) is 13.2. The zero-order valence-corrected chi connectivity index (χ0v) is 8.66. The van der Waals surface area contributed by atoms with Gasteiger partial charge in [0.1, 0.15) is 0 Å². The Hall–Kier alpha value is -0.770. The molecule has 4 nitrogen and oxygen atoms in total. The number of nitrogens with two attached hydrogens (primary N) is 1. The molecule has 2 N–H and O–H groups in total. The Morgan fingerprint density at radius 3 is 3.07 bits per heavy atom. The summed E-state index contributed by atoms with van der Waals surface area (Å²) in [6, 6.07) is 0. The summed E-state index contributed by atoms with van der Waals surface area (Å²) in [5.41, 5.74) is 6.10. The molecule has 1 heterocycles. The molecule has 80 valence electrons. The zero-order valence-electron chi connectivity index (χ0n) is 8.66. The standard InChI is InChI=1S/C10H18N2O2/c1-2-14-9(13)12-4-3-10(7-11)5-8(10)6-12/h8H,2-7,11H2,1H3. The molecular weight excluding hydrogens is 180 g/mol. The predicted molar refractivity (Wildman–Crippen MR) is 52.8 cm³/mol. The molecule has 1 saturated heterocycles. The molecule has 1 aliphatic carbocycles. The molecule has 0 aromatic carbocycles. The first-order chi connectivity index (χ1) is 6.72. The lowest BCUT2D eigenvalue weighted by Crippen LogP contribution is -2.41. The van der Waals surface area contributed by atoms with Gasteiger partial charge in [0.15, 0.2) is 0 Å². The van der Waals surface area contributed by atoms with E-state index in [9.17, 15) is 4.79 Å². The molecule has 0 bridgehead atoms. The highest BCUT2D eigenvalue weighted by atomic mass is 16.6. The quantitative estimate of drug-likeness (QED) is 0.714. The van der Waals surface area contributed by atoms with E-state index in [1.165, 1.54) is 6.42 Å². The minimum absolute atomic E-state index is 0.162. The average molecular weight is 198 g/mol. The monoisotopic (exact) mass is 198 g/mol. The van der Waals surface area contributed by atoms with Gasteiger partial charge in [-0.1, -0.05) is 0 Å². The fraction of sp³-hybridized carbons (Fsp3) is 0.900. The van der Waals surface area contributed by atoms with E-state index in [-0.39, 0.29) is 6.09 Å². The van der Waals surface area contributed by atoms with Crippen LogP contribution in [0.25, 0.3) is 0 Å². The van der Waals surface area contributed by atoms with Gasteiger partial charge in [-0.15, -0.1) is 0 Å². The molecule has 2 unspecified atom stereocenters. The van der Waals surface area contributed by atoms with Gasteiger partial charge in [0.25, 0.3) is 0 Å². The number of hydrogen-bond acceptors (Lipinski definition) is 3. The van der Waals surface area contributed by atoms with Crippen molar-refractivity contribution in [3.8, 4) is 0 Å². The average Bonchev–Trinajstić information content (AvgIpc) is 2.91. The Kier molecular flexibility index (Phi) is 2.39. The molecule has 14 heavy (non-hydrogen) atoms. The van der Waals surface area contributed by atoms with Crippen LogP contribution in [0.5, 0.6) is 0 Å². The smallest absolute Gasteiger partial charge is 0.409 e. The van der Waals surface area contributed by atoms with E-state index in [1.54, 1.807) is 0 Å². The summed E-state index contributed by atoms with van der Waals surface area (Å²) < 4.78 is 4.97. The van der Waals surface area contributed by atoms with E-state index in [4.69, 9.17) is 10.5 Å². The molecule has 1 amide bonds. The first kappa shape index (κ1) is 9.77. The van der Waals surface area contributed by atoms with Crippen LogP contribution in [0.15, 0.2) is 0 Å². The molecule has 0 spiro atoms. The molecule has 0 radical (unpaired) electrons. The van der Waals surface area contributed by atoms with Crippen molar-refractivity contribution in [3.63, 3.8) is 0 Å². The van der Waals surface area contributed by atoms with Gasteiger partial charge in [-0.2, -0.15) is 0 Å². The van der Waals surface area contributed by atoms with Gasteiger partial charge in [0.2, 0.25) is 0 Å². The largest absolute Gasteiger partial charge is 0.450 e. The molecule has 0 aromatic rings. The number of hydrogen-bond donors (Lipinski definition) is 1. The maximum atomic E-state index is 11.4. The number of carbonyl (C=O) groups is 1. The first-order valence-corrected chi connectivity index (χ1v) is 5.33. The lowest BCUT2D eigenvalue weighted by atomic mass is 9.96. The summed E-state index contributed by atoms with van der Waals surface area (Å²) in [5.74, 6) is 0.630. The Labute approximate surface area is 84.4 Å². The van der Waals surface area contributed by atoms with Crippen LogP contribution in [-0.2, 0) is 4.74 Å². The van der Waals surface area contributed by atoms with Crippen molar-refractivity contribution < 1.29 is 9.53 Å². The van der Waals surface area contributed by atoms with Gasteiger partial charge >= 0.3 is 6.09 Å². The summed E-state index contributed by atoms with van der Waals surface area (Å²) in [6.07, 6.45) is 2.08. The normalized spacial score (nSPS) is 35.0. The summed E-state index contributed by atoms with van der Waals surface area (Å²) in [7, 11) is 0. The number of nitrogens with zero attached hydrogens (tertiary/aromatic N) is 1. The van der Waals surface area contributed by atoms with Crippen molar-refractivity contribution in [2.45, 2.75) is 19.8 Å². The maximum Gasteiger partial charge on any atom is 0.409 e. The highest BCUT2D eigenvalue weighted by Crippen LogP contribution is 2.56.